The second-order valence-electron chi connectivity index (χ2n) is 6.00. The SMILES string of the molecule is CC1Cc2ccccc2N1C(=O)N(C)C1CCS(=O)(=O)C1. The highest BCUT2D eigenvalue weighted by molar-refractivity contribution is 7.91. The molecule has 2 heterocycles. The fourth-order valence-electron chi connectivity index (χ4n) is 3.26. The lowest BCUT2D eigenvalue weighted by Gasteiger charge is -2.31. The molecule has 2 atom stereocenters. The summed E-state index contributed by atoms with van der Waals surface area (Å²) >= 11 is 0. The zero-order chi connectivity index (χ0) is 15.2. The van der Waals surface area contributed by atoms with Gasteiger partial charge in [0, 0.05) is 24.8 Å². The van der Waals surface area contributed by atoms with Crippen LogP contribution in [0.3, 0.4) is 0 Å². The van der Waals surface area contributed by atoms with Gasteiger partial charge in [-0.15, -0.1) is 0 Å². The van der Waals surface area contributed by atoms with Crippen molar-refractivity contribution in [1.29, 1.82) is 0 Å². The van der Waals surface area contributed by atoms with E-state index >= 15 is 0 Å². The van der Waals surface area contributed by atoms with Crippen molar-refractivity contribution >= 4 is 21.6 Å². The maximum absolute atomic E-state index is 12.8. The molecule has 0 aliphatic carbocycles. The quantitative estimate of drug-likeness (QED) is 0.793. The van der Waals surface area contributed by atoms with Gasteiger partial charge in [0.2, 0.25) is 0 Å². The summed E-state index contributed by atoms with van der Waals surface area (Å²) in [6.07, 6.45) is 1.38. The van der Waals surface area contributed by atoms with Crippen molar-refractivity contribution in [2.45, 2.75) is 31.8 Å². The molecule has 6 heteroatoms. The van der Waals surface area contributed by atoms with Crippen LogP contribution in [0.5, 0.6) is 0 Å². The van der Waals surface area contributed by atoms with Gasteiger partial charge in [-0.25, -0.2) is 13.2 Å². The molecule has 2 aliphatic rings. The van der Waals surface area contributed by atoms with Crippen molar-refractivity contribution in [3.05, 3.63) is 29.8 Å². The zero-order valence-electron chi connectivity index (χ0n) is 12.3. The summed E-state index contributed by atoms with van der Waals surface area (Å²) in [6, 6.07) is 7.70. The van der Waals surface area contributed by atoms with E-state index in [0.29, 0.717) is 6.42 Å². The number of urea groups is 1. The first-order valence-electron chi connectivity index (χ1n) is 7.23. The predicted octanol–water partition coefficient (Wildman–Crippen LogP) is 1.68. The lowest BCUT2D eigenvalue weighted by atomic mass is 10.1. The summed E-state index contributed by atoms with van der Waals surface area (Å²) in [6.45, 7) is 2.02. The van der Waals surface area contributed by atoms with Gasteiger partial charge in [0.25, 0.3) is 0 Å². The van der Waals surface area contributed by atoms with Crippen molar-refractivity contribution in [3.8, 4) is 0 Å². The van der Waals surface area contributed by atoms with E-state index in [9.17, 15) is 13.2 Å². The third-order valence-corrected chi connectivity index (χ3v) is 6.22. The number of nitrogens with zero attached hydrogens (tertiary/aromatic N) is 2. The topological polar surface area (TPSA) is 57.7 Å². The molecule has 3 rings (SSSR count). The van der Waals surface area contributed by atoms with E-state index in [1.807, 2.05) is 31.2 Å². The van der Waals surface area contributed by atoms with Crippen LogP contribution in [0, 0.1) is 0 Å². The van der Waals surface area contributed by atoms with Crippen LogP contribution in [-0.4, -0.2) is 50.0 Å². The number of anilines is 1. The summed E-state index contributed by atoms with van der Waals surface area (Å²) in [5, 5.41) is 0. The van der Waals surface area contributed by atoms with E-state index in [1.165, 1.54) is 5.56 Å². The molecule has 0 bridgehead atoms. The zero-order valence-corrected chi connectivity index (χ0v) is 13.1. The largest absolute Gasteiger partial charge is 0.324 e. The summed E-state index contributed by atoms with van der Waals surface area (Å²) < 4.78 is 23.2. The molecule has 21 heavy (non-hydrogen) atoms. The number of sulfone groups is 1. The van der Waals surface area contributed by atoms with Gasteiger partial charge in [0.15, 0.2) is 9.84 Å². The average Bonchev–Trinajstić information content (AvgIpc) is 2.96. The lowest BCUT2D eigenvalue weighted by Crippen LogP contribution is -2.48. The highest BCUT2D eigenvalue weighted by Gasteiger charge is 2.38. The Bertz CT molecular complexity index is 671. The first-order chi connectivity index (χ1) is 9.89. The van der Waals surface area contributed by atoms with Crippen molar-refractivity contribution < 1.29 is 13.2 Å². The van der Waals surface area contributed by atoms with E-state index in [-0.39, 0.29) is 29.6 Å². The van der Waals surface area contributed by atoms with Gasteiger partial charge < -0.3 is 4.90 Å². The lowest BCUT2D eigenvalue weighted by molar-refractivity contribution is 0.200. The molecule has 0 N–H and O–H groups in total. The van der Waals surface area contributed by atoms with Crippen LogP contribution in [0.1, 0.15) is 18.9 Å². The molecule has 0 aromatic heterocycles. The van der Waals surface area contributed by atoms with Gasteiger partial charge in [-0.1, -0.05) is 18.2 Å². The van der Waals surface area contributed by atoms with E-state index in [2.05, 4.69) is 0 Å². The maximum Gasteiger partial charge on any atom is 0.324 e. The molecular weight excluding hydrogens is 288 g/mol. The first-order valence-corrected chi connectivity index (χ1v) is 9.05. The minimum atomic E-state index is -2.98. The summed E-state index contributed by atoms with van der Waals surface area (Å²) in [7, 11) is -1.27. The van der Waals surface area contributed by atoms with Crippen LogP contribution in [0.25, 0.3) is 0 Å². The molecule has 1 aromatic carbocycles. The third-order valence-electron chi connectivity index (χ3n) is 4.47. The molecule has 2 aliphatic heterocycles. The number of carbonyl (C=O) groups is 1. The van der Waals surface area contributed by atoms with E-state index in [4.69, 9.17) is 0 Å². The Morgan fingerprint density at radius 1 is 1.33 bits per heavy atom. The molecule has 0 spiro atoms. The number of amides is 2. The molecule has 2 unspecified atom stereocenters. The number of rotatable bonds is 1. The Morgan fingerprint density at radius 2 is 2.05 bits per heavy atom. The minimum absolute atomic E-state index is 0.0824. The second-order valence-corrected chi connectivity index (χ2v) is 8.23. The van der Waals surface area contributed by atoms with Crippen LogP contribution in [0.4, 0.5) is 10.5 Å². The van der Waals surface area contributed by atoms with Gasteiger partial charge in [-0.2, -0.15) is 0 Å². The number of fused-ring (bicyclic) bond motifs is 1. The number of hydrogen-bond donors (Lipinski definition) is 0. The molecule has 0 saturated carbocycles. The van der Waals surface area contributed by atoms with Gasteiger partial charge in [0.1, 0.15) is 0 Å². The molecule has 1 fully saturated rings. The molecule has 1 aromatic rings. The summed E-state index contributed by atoms with van der Waals surface area (Å²) in [5.74, 6) is 0.264. The summed E-state index contributed by atoms with van der Waals surface area (Å²) in [4.78, 5) is 16.2. The van der Waals surface area contributed by atoms with E-state index < -0.39 is 9.84 Å². The molecule has 2 amide bonds. The van der Waals surface area contributed by atoms with Crippen molar-refractivity contribution in [2.24, 2.45) is 0 Å². The Labute approximate surface area is 125 Å². The average molecular weight is 308 g/mol. The third kappa shape index (κ3) is 2.52. The van der Waals surface area contributed by atoms with Gasteiger partial charge >= 0.3 is 6.03 Å². The van der Waals surface area contributed by atoms with Gasteiger partial charge in [-0.05, 0) is 31.4 Å². The number of carbonyl (C=O) groups excluding carboxylic acids is 1. The van der Waals surface area contributed by atoms with Gasteiger partial charge in [0.05, 0.1) is 11.5 Å². The second kappa shape index (κ2) is 5.02. The molecule has 1 saturated heterocycles. The molecule has 5 nitrogen and oxygen atoms in total. The fourth-order valence-corrected chi connectivity index (χ4v) is 5.04. The maximum atomic E-state index is 12.8. The first kappa shape index (κ1) is 14.4. The van der Waals surface area contributed by atoms with Crippen LogP contribution >= 0.6 is 0 Å². The Kier molecular flexibility index (Phi) is 3.43. The Morgan fingerprint density at radius 3 is 2.71 bits per heavy atom. The highest BCUT2D eigenvalue weighted by atomic mass is 32.2. The Hall–Kier alpha value is -1.56. The van der Waals surface area contributed by atoms with Crippen molar-refractivity contribution in [3.63, 3.8) is 0 Å². The minimum Gasteiger partial charge on any atom is -0.323 e. The number of benzene rings is 1. The fraction of sp³-hybridized carbons (Fsp3) is 0.533. The van der Waals surface area contributed by atoms with Crippen LogP contribution in [-0.2, 0) is 16.3 Å². The predicted molar refractivity (Wildman–Crippen MR) is 82.3 cm³/mol. The monoisotopic (exact) mass is 308 g/mol. The number of para-hydroxylation sites is 1. The standard InChI is InChI=1S/C15H20N2O3S/c1-11-9-12-5-3-4-6-14(12)17(11)15(18)16(2)13-7-8-21(19,20)10-13/h3-6,11,13H,7-10H2,1-2H3. The summed E-state index contributed by atoms with van der Waals surface area (Å²) in [5.41, 5.74) is 2.12. The van der Waals surface area contributed by atoms with Gasteiger partial charge in [-0.3, -0.25) is 4.90 Å². The molecule has 114 valence electrons. The van der Waals surface area contributed by atoms with Crippen LogP contribution in [0.2, 0.25) is 0 Å². The Balaban J connectivity index is 1.82. The molecular formula is C15H20N2O3S. The molecule has 0 radical (unpaired) electrons. The van der Waals surface area contributed by atoms with Crippen molar-refractivity contribution in [2.75, 3.05) is 23.5 Å². The van der Waals surface area contributed by atoms with Crippen LogP contribution < -0.4 is 4.90 Å². The van der Waals surface area contributed by atoms with Crippen molar-refractivity contribution in [1.82, 2.24) is 4.90 Å². The normalized spacial score (nSPS) is 26.7. The van der Waals surface area contributed by atoms with E-state index in [1.54, 1.807) is 16.8 Å². The highest BCUT2D eigenvalue weighted by Crippen LogP contribution is 2.33. The van der Waals surface area contributed by atoms with E-state index in [0.717, 1.165) is 12.1 Å². The smallest absolute Gasteiger partial charge is 0.323 e. The number of hydrogen-bond acceptors (Lipinski definition) is 3. The van der Waals surface area contributed by atoms with Crippen LogP contribution in [0.15, 0.2) is 24.3 Å².